The summed E-state index contributed by atoms with van der Waals surface area (Å²) < 4.78 is 10.8. The Bertz CT molecular complexity index is 1090. The van der Waals surface area contributed by atoms with Gasteiger partial charge in [0.15, 0.2) is 0 Å². The number of thiophene rings is 1. The lowest BCUT2D eigenvalue weighted by atomic mass is 9.95. The summed E-state index contributed by atoms with van der Waals surface area (Å²) in [5, 5.41) is 3.83. The van der Waals surface area contributed by atoms with E-state index in [1.165, 1.54) is 4.88 Å². The standard InChI is InChI=1S/C25H26N2O3S/c1-29-19-12-13-21(30-2)18(14-19)16-27-25-23(20-10-6-7-11-22(20)31-25)24(28)26-15-17-8-4-3-5-9-17/h3-5,8-9,12-14,16H,6-7,10-11,15H2,1-2H3,(H,26,28). The third-order valence-corrected chi connectivity index (χ3v) is 6.63. The maximum absolute atomic E-state index is 13.2. The van der Waals surface area contributed by atoms with Gasteiger partial charge >= 0.3 is 0 Å². The summed E-state index contributed by atoms with van der Waals surface area (Å²) in [4.78, 5) is 19.2. The van der Waals surface area contributed by atoms with Gasteiger partial charge in [-0.15, -0.1) is 11.3 Å². The van der Waals surface area contributed by atoms with Crippen molar-refractivity contribution in [2.45, 2.75) is 32.2 Å². The Morgan fingerprint density at radius 1 is 1.10 bits per heavy atom. The van der Waals surface area contributed by atoms with Gasteiger partial charge in [-0.1, -0.05) is 30.3 Å². The number of methoxy groups -OCH3 is 2. The molecule has 5 nitrogen and oxygen atoms in total. The molecule has 1 aliphatic carbocycles. The molecule has 160 valence electrons. The van der Waals surface area contributed by atoms with E-state index in [0.717, 1.165) is 53.1 Å². The summed E-state index contributed by atoms with van der Waals surface area (Å²) in [5.74, 6) is 1.38. The van der Waals surface area contributed by atoms with Gasteiger partial charge in [0.25, 0.3) is 5.91 Å². The summed E-state index contributed by atoms with van der Waals surface area (Å²) >= 11 is 1.62. The van der Waals surface area contributed by atoms with Crippen molar-refractivity contribution in [2.75, 3.05) is 14.2 Å². The minimum atomic E-state index is -0.0620. The second kappa shape index (κ2) is 9.79. The number of nitrogens with one attached hydrogen (secondary N) is 1. The van der Waals surface area contributed by atoms with Gasteiger partial charge in [-0.2, -0.15) is 0 Å². The molecule has 0 atom stereocenters. The van der Waals surface area contributed by atoms with Gasteiger partial charge < -0.3 is 14.8 Å². The van der Waals surface area contributed by atoms with Gasteiger partial charge in [0, 0.05) is 23.2 Å². The first-order valence-corrected chi connectivity index (χ1v) is 11.2. The lowest BCUT2D eigenvalue weighted by Gasteiger charge is -2.13. The number of hydrogen-bond donors (Lipinski definition) is 1. The third-order valence-electron chi connectivity index (χ3n) is 5.43. The number of aliphatic imine (C=N–C) groups is 1. The van der Waals surface area contributed by atoms with Crippen molar-refractivity contribution in [1.29, 1.82) is 0 Å². The Morgan fingerprint density at radius 2 is 1.90 bits per heavy atom. The first-order chi connectivity index (χ1) is 15.2. The van der Waals surface area contributed by atoms with Crippen LogP contribution in [0.4, 0.5) is 5.00 Å². The van der Waals surface area contributed by atoms with E-state index in [2.05, 4.69) is 5.32 Å². The number of fused-ring (bicyclic) bond motifs is 1. The maximum Gasteiger partial charge on any atom is 0.254 e. The summed E-state index contributed by atoms with van der Waals surface area (Å²) in [6.07, 6.45) is 5.96. The Labute approximate surface area is 186 Å². The number of ether oxygens (including phenoxy) is 2. The van der Waals surface area contributed by atoms with Gasteiger partial charge in [-0.25, -0.2) is 4.99 Å². The molecule has 3 aromatic rings. The highest BCUT2D eigenvalue weighted by Crippen LogP contribution is 2.40. The molecule has 0 bridgehead atoms. The second-order valence-corrected chi connectivity index (χ2v) is 8.51. The number of amides is 1. The van der Waals surface area contributed by atoms with Crippen LogP contribution in [0.25, 0.3) is 0 Å². The van der Waals surface area contributed by atoms with Crippen molar-refractivity contribution in [3.05, 3.63) is 75.7 Å². The van der Waals surface area contributed by atoms with Gasteiger partial charge in [0.2, 0.25) is 0 Å². The van der Waals surface area contributed by atoms with Gasteiger partial charge in [-0.3, -0.25) is 4.79 Å². The Hall–Kier alpha value is -3.12. The molecule has 1 aromatic heterocycles. The molecule has 1 heterocycles. The van der Waals surface area contributed by atoms with Crippen LogP contribution in [-0.2, 0) is 19.4 Å². The Morgan fingerprint density at radius 3 is 2.68 bits per heavy atom. The number of nitrogens with zero attached hydrogens (tertiary/aromatic N) is 1. The summed E-state index contributed by atoms with van der Waals surface area (Å²) in [6, 6.07) is 15.5. The molecule has 2 aromatic carbocycles. The predicted octanol–water partition coefficient (Wildman–Crippen LogP) is 5.32. The van der Waals surface area contributed by atoms with Crippen LogP contribution in [0.5, 0.6) is 11.5 Å². The van der Waals surface area contributed by atoms with Crippen molar-refractivity contribution < 1.29 is 14.3 Å². The predicted molar refractivity (Wildman–Crippen MR) is 125 cm³/mol. The average Bonchev–Trinajstić information content (AvgIpc) is 3.20. The molecular formula is C25H26N2O3S. The molecule has 0 aliphatic heterocycles. The van der Waals surface area contributed by atoms with Gasteiger partial charge in [0.1, 0.15) is 16.5 Å². The SMILES string of the molecule is COc1ccc(OC)c(C=Nc2sc3c(c2C(=O)NCc2ccccc2)CCCC3)c1. The van der Waals surface area contributed by atoms with Crippen LogP contribution in [0.1, 0.15) is 44.8 Å². The van der Waals surface area contributed by atoms with Crippen LogP contribution in [0, 0.1) is 0 Å². The summed E-state index contributed by atoms with van der Waals surface area (Å²) in [5.41, 5.74) is 3.76. The molecule has 31 heavy (non-hydrogen) atoms. The van der Waals surface area contributed by atoms with Crippen molar-refractivity contribution in [3.8, 4) is 11.5 Å². The molecule has 0 unspecified atom stereocenters. The largest absolute Gasteiger partial charge is 0.497 e. The van der Waals surface area contributed by atoms with E-state index < -0.39 is 0 Å². The van der Waals surface area contributed by atoms with E-state index in [9.17, 15) is 4.79 Å². The minimum absolute atomic E-state index is 0.0620. The number of hydrogen-bond acceptors (Lipinski definition) is 5. The van der Waals surface area contributed by atoms with Crippen molar-refractivity contribution in [2.24, 2.45) is 4.99 Å². The molecule has 6 heteroatoms. The molecule has 0 radical (unpaired) electrons. The Balaban J connectivity index is 1.64. The van der Waals surface area contributed by atoms with Crippen LogP contribution in [0.15, 0.2) is 53.5 Å². The normalized spacial score (nSPS) is 13.1. The van der Waals surface area contributed by atoms with E-state index in [-0.39, 0.29) is 5.91 Å². The number of rotatable bonds is 7. The fourth-order valence-corrected chi connectivity index (χ4v) is 5.04. The number of benzene rings is 2. The van der Waals surface area contributed by atoms with Crippen molar-refractivity contribution in [1.82, 2.24) is 5.32 Å². The minimum Gasteiger partial charge on any atom is -0.497 e. The summed E-state index contributed by atoms with van der Waals surface area (Å²) in [6.45, 7) is 0.497. The Kier molecular flexibility index (Phi) is 6.67. The van der Waals surface area contributed by atoms with E-state index in [1.807, 2.05) is 48.5 Å². The van der Waals surface area contributed by atoms with Crippen LogP contribution in [0.3, 0.4) is 0 Å². The van der Waals surface area contributed by atoms with Crippen LogP contribution >= 0.6 is 11.3 Å². The second-order valence-electron chi connectivity index (χ2n) is 7.43. The highest BCUT2D eigenvalue weighted by atomic mass is 32.1. The third kappa shape index (κ3) is 4.80. The van der Waals surface area contributed by atoms with Crippen molar-refractivity contribution >= 4 is 28.5 Å². The highest BCUT2D eigenvalue weighted by Gasteiger charge is 2.25. The van der Waals surface area contributed by atoms with E-state index in [1.54, 1.807) is 31.8 Å². The van der Waals surface area contributed by atoms with Crippen molar-refractivity contribution in [3.63, 3.8) is 0 Å². The zero-order chi connectivity index (χ0) is 21.6. The van der Waals surface area contributed by atoms with Crippen LogP contribution in [-0.4, -0.2) is 26.3 Å². The highest BCUT2D eigenvalue weighted by molar-refractivity contribution is 7.16. The number of carbonyl (C=O) groups excluding carboxylic acids is 1. The molecule has 0 spiro atoms. The van der Waals surface area contributed by atoms with Gasteiger partial charge in [-0.05, 0) is 55.0 Å². The zero-order valence-corrected chi connectivity index (χ0v) is 18.6. The smallest absolute Gasteiger partial charge is 0.254 e. The molecular weight excluding hydrogens is 408 g/mol. The zero-order valence-electron chi connectivity index (χ0n) is 17.8. The summed E-state index contributed by atoms with van der Waals surface area (Å²) in [7, 11) is 3.26. The van der Waals surface area contributed by atoms with Gasteiger partial charge in [0.05, 0.1) is 19.8 Å². The fourth-order valence-electron chi connectivity index (χ4n) is 3.81. The van der Waals surface area contributed by atoms with E-state index in [0.29, 0.717) is 17.9 Å². The monoisotopic (exact) mass is 434 g/mol. The molecule has 4 rings (SSSR count). The lowest BCUT2D eigenvalue weighted by molar-refractivity contribution is 0.0951. The molecule has 0 saturated heterocycles. The number of carbonyl (C=O) groups is 1. The molecule has 1 N–H and O–H groups in total. The number of aryl methyl sites for hydroxylation is 1. The molecule has 0 saturated carbocycles. The van der Waals surface area contributed by atoms with Crippen LogP contribution < -0.4 is 14.8 Å². The average molecular weight is 435 g/mol. The van der Waals surface area contributed by atoms with E-state index >= 15 is 0 Å². The maximum atomic E-state index is 13.2. The first kappa shape index (κ1) is 21.1. The fraction of sp³-hybridized carbons (Fsp3) is 0.280. The first-order valence-electron chi connectivity index (χ1n) is 10.4. The quantitative estimate of drug-likeness (QED) is 0.512. The molecule has 0 fully saturated rings. The molecule has 1 aliphatic rings. The molecule has 1 amide bonds. The van der Waals surface area contributed by atoms with E-state index in [4.69, 9.17) is 14.5 Å². The topological polar surface area (TPSA) is 59.9 Å². The lowest BCUT2D eigenvalue weighted by Crippen LogP contribution is -2.24. The van der Waals surface area contributed by atoms with Crippen LogP contribution in [0.2, 0.25) is 0 Å².